The van der Waals surface area contributed by atoms with Crippen LogP contribution in [0.5, 0.6) is 0 Å². The van der Waals surface area contributed by atoms with Crippen LogP contribution in [0.3, 0.4) is 0 Å². The molecule has 3 nitrogen and oxygen atoms in total. The molecule has 1 heterocycles. The van der Waals surface area contributed by atoms with Gasteiger partial charge in [-0.2, -0.15) is 0 Å². The topological polar surface area (TPSA) is 34.0 Å². The van der Waals surface area contributed by atoms with Gasteiger partial charge in [-0.05, 0) is 42.7 Å². The van der Waals surface area contributed by atoms with Crippen LogP contribution in [0.25, 0.3) is 21.8 Å². The fourth-order valence-corrected chi connectivity index (χ4v) is 4.68. The molecule has 1 fully saturated rings. The lowest BCUT2D eigenvalue weighted by molar-refractivity contribution is -0.120. The van der Waals surface area contributed by atoms with Crippen LogP contribution < -0.4 is 5.32 Å². The number of amides is 1. The quantitative estimate of drug-likeness (QED) is 0.438. The van der Waals surface area contributed by atoms with E-state index in [9.17, 15) is 4.79 Å². The molecular formula is C26H26N2O. The van der Waals surface area contributed by atoms with Gasteiger partial charge in [-0.1, -0.05) is 67.8 Å². The lowest BCUT2D eigenvalue weighted by atomic mass is 9.88. The number of nitrogens with one attached hydrogen (secondary N) is 1. The van der Waals surface area contributed by atoms with Crippen molar-refractivity contribution in [3.8, 4) is 0 Å². The number of carbonyl (C=O) groups excluding carboxylic acids is 1. The molecule has 0 unspecified atom stereocenters. The first kappa shape index (κ1) is 18.0. The minimum Gasteiger partial charge on any atom is -0.336 e. The number of carbonyl (C=O) groups is 1. The van der Waals surface area contributed by atoms with Crippen molar-refractivity contribution in [3.05, 3.63) is 78.4 Å². The van der Waals surface area contributed by atoms with E-state index in [1.165, 1.54) is 46.6 Å². The Balaban J connectivity index is 1.52. The van der Waals surface area contributed by atoms with Crippen molar-refractivity contribution in [1.82, 2.24) is 4.57 Å². The Labute approximate surface area is 171 Å². The zero-order valence-electron chi connectivity index (χ0n) is 16.6. The number of hydrogen-bond donors (Lipinski definition) is 1. The Hall–Kier alpha value is -3.07. The van der Waals surface area contributed by atoms with Gasteiger partial charge in [0.15, 0.2) is 0 Å². The molecule has 1 aliphatic carbocycles. The Morgan fingerprint density at radius 3 is 2.38 bits per heavy atom. The van der Waals surface area contributed by atoms with Crippen LogP contribution >= 0.6 is 0 Å². The number of nitrogens with zero attached hydrogens (tertiary/aromatic N) is 1. The fraction of sp³-hybridized carbons (Fsp3) is 0.269. The number of rotatable bonds is 4. The summed E-state index contributed by atoms with van der Waals surface area (Å²) in [7, 11) is 0. The Morgan fingerprint density at radius 2 is 1.55 bits per heavy atom. The van der Waals surface area contributed by atoms with Gasteiger partial charge in [0.05, 0.1) is 0 Å². The smallest absolute Gasteiger partial charge is 0.227 e. The van der Waals surface area contributed by atoms with E-state index in [1.54, 1.807) is 0 Å². The van der Waals surface area contributed by atoms with Crippen molar-refractivity contribution in [2.45, 2.75) is 38.6 Å². The first-order valence-corrected chi connectivity index (χ1v) is 10.7. The van der Waals surface area contributed by atoms with Gasteiger partial charge in [-0.3, -0.25) is 4.79 Å². The molecule has 0 saturated heterocycles. The number of para-hydroxylation sites is 1. The van der Waals surface area contributed by atoms with E-state index >= 15 is 0 Å². The summed E-state index contributed by atoms with van der Waals surface area (Å²) in [6.07, 6.45) is 5.64. The molecule has 1 saturated carbocycles. The first-order chi connectivity index (χ1) is 14.3. The van der Waals surface area contributed by atoms with Crippen molar-refractivity contribution in [3.63, 3.8) is 0 Å². The monoisotopic (exact) mass is 382 g/mol. The fourth-order valence-electron chi connectivity index (χ4n) is 4.68. The van der Waals surface area contributed by atoms with Gasteiger partial charge in [0.25, 0.3) is 0 Å². The van der Waals surface area contributed by atoms with Crippen molar-refractivity contribution in [2.24, 2.45) is 5.92 Å². The lowest BCUT2D eigenvalue weighted by Crippen LogP contribution is -2.24. The minimum atomic E-state index is 0.166. The number of anilines is 1. The molecule has 1 aromatic heterocycles. The second kappa shape index (κ2) is 7.75. The second-order valence-electron chi connectivity index (χ2n) is 8.15. The molecule has 3 aromatic carbocycles. The summed E-state index contributed by atoms with van der Waals surface area (Å²) < 4.78 is 2.37. The van der Waals surface area contributed by atoms with E-state index in [1.807, 2.05) is 6.07 Å². The van der Waals surface area contributed by atoms with Gasteiger partial charge in [-0.25, -0.2) is 0 Å². The maximum absolute atomic E-state index is 12.7. The maximum atomic E-state index is 12.7. The van der Waals surface area contributed by atoms with Crippen LogP contribution in [0.2, 0.25) is 0 Å². The van der Waals surface area contributed by atoms with Gasteiger partial charge in [-0.15, -0.1) is 0 Å². The molecule has 1 aliphatic rings. The minimum absolute atomic E-state index is 0.166. The molecule has 29 heavy (non-hydrogen) atoms. The number of benzene rings is 3. The zero-order chi connectivity index (χ0) is 19.6. The molecule has 3 heteroatoms. The highest BCUT2D eigenvalue weighted by Gasteiger charge is 2.21. The molecule has 0 bridgehead atoms. The van der Waals surface area contributed by atoms with E-state index in [4.69, 9.17) is 0 Å². The largest absolute Gasteiger partial charge is 0.336 e. The summed E-state index contributed by atoms with van der Waals surface area (Å²) in [5.74, 6) is 0.343. The third-order valence-electron chi connectivity index (χ3n) is 6.20. The highest BCUT2D eigenvalue weighted by atomic mass is 16.1. The van der Waals surface area contributed by atoms with Crippen molar-refractivity contribution in [2.75, 3.05) is 5.32 Å². The average molecular weight is 383 g/mol. The Kier molecular flexibility index (Phi) is 4.81. The van der Waals surface area contributed by atoms with E-state index in [-0.39, 0.29) is 11.8 Å². The van der Waals surface area contributed by atoms with Gasteiger partial charge in [0.1, 0.15) is 0 Å². The van der Waals surface area contributed by atoms with Crippen LogP contribution in [0.4, 0.5) is 5.69 Å². The van der Waals surface area contributed by atoms with Crippen molar-refractivity contribution in [1.29, 1.82) is 0 Å². The van der Waals surface area contributed by atoms with Gasteiger partial charge < -0.3 is 9.88 Å². The number of aromatic nitrogens is 1. The Bertz CT molecular complexity index is 1150. The first-order valence-electron chi connectivity index (χ1n) is 10.7. The summed E-state index contributed by atoms with van der Waals surface area (Å²) in [5, 5.41) is 5.60. The molecule has 1 amide bonds. The molecule has 5 rings (SSSR count). The molecule has 0 spiro atoms. The third-order valence-corrected chi connectivity index (χ3v) is 6.20. The maximum Gasteiger partial charge on any atom is 0.227 e. The van der Waals surface area contributed by atoms with E-state index in [0.29, 0.717) is 0 Å². The summed E-state index contributed by atoms with van der Waals surface area (Å²) >= 11 is 0. The molecule has 0 radical (unpaired) electrons. The van der Waals surface area contributed by atoms with Crippen LogP contribution in [0, 0.1) is 5.92 Å². The van der Waals surface area contributed by atoms with Gasteiger partial charge in [0, 0.05) is 40.0 Å². The number of fused-ring (bicyclic) bond motifs is 3. The zero-order valence-corrected chi connectivity index (χ0v) is 16.6. The summed E-state index contributed by atoms with van der Waals surface area (Å²) in [5.41, 5.74) is 4.60. The number of hydrogen-bond acceptors (Lipinski definition) is 1. The molecule has 0 aliphatic heterocycles. The van der Waals surface area contributed by atoms with E-state index in [0.717, 1.165) is 25.1 Å². The molecule has 1 N–H and O–H groups in total. The predicted octanol–water partition coefficient (Wildman–Crippen LogP) is 6.36. The molecule has 4 aromatic rings. The Morgan fingerprint density at radius 1 is 0.828 bits per heavy atom. The van der Waals surface area contributed by atoms with Gasteiger partial charge in [0.2, 0.25) is 5.91 Å². The highest BCUT2D eigenvalue weighted by Crippen LogP contribution is 2.32. The summed E-state index contributed by atoms with van der Waals surface area (Å²) in [4.78, 5) is 12.7. The normalized spacial score (nSPS) is 15.0. The highest BCUT2D eigenvalue weighted by molar-refractivity contribution is 6.10. The van der Waals surface area contributed by atoms with E-state index < -0.39 is 0 Å². The lowest BCUT2D eigenvalue weighted by Gasteiger charge is -2.20. The van der Waals surface area contributed by atoms with Crippen LogP contribution in [-0.4, -0.2) is 10.5 Å². The average Bonchev–Trinajstić information content (AvgIpc) is 3.08. The molecular weight excluding hydrogens is 356 g/mol. The third kappa shape index (κ3) is 3.53. The second-order valence-corrected chi connectivity index (χ2v) is 8.15. The standard InChI is InChI=1S/C26H26N2O/c29-26(20-11-5-2-6-12-20)27-21-15-16-25-23(17-21)22-13-7-8-14-24(22)28(25)18-19-9-3-1-4-10-19/h1,3-4,7-10,13-17,20H,2,5-6,11-12,18H2,(H,27,29). The van der Waals surface area contributed by atoms with Gasteiger partial charge >= 0.3 is 0 Å². The van der Waals surface area contributed by atoms with Crippen molar-refractivity contribution < 1.29 is 4.79 Å². The predicted molar refractivity (Wildman–Crippen MR) is 120 cm³/mol. The summed E-state index contributed by atoms with van der Waals surface area (Å²) in [6, 6.07) is 25.4. The van der Waals surface area contributed by atoms with Crippen LogP contribution in [0.15, 0.2) is 72.8 Å². The SMILES string of the molecule is O=C(Nc1ccc2c(c1)c1ccccc1n2Cc1ccccc1)C1CCCCC1. The summed E-state index contributed by atoms with van der Waals surface area (Å²) in [6.45, 7) is 0.832. The van der Waals surface area contributed by atoms with Crippen LogP contribution in [-0.2, 0) is 11.3 Å². The van der Waals surface area contributed by atoms with E-state index in [2.05, 4.69) is 76.6 Å². The molecule has 0 atom stereocenters. The molecule has 146 valence electrons. The van der Waals surface area contributed by atoms with Crippen molar-refractivity contribution >= 4 is 33.4 Å². The van der Waals surface area contributed by atoms with Crippen LogP contribution in [0.1, 0.15) is 37.7 Å².